The third kappa shape index (κ3) is 2.07. The molecule has 0 spiro atoms. The van der Waals surface area contributed by atoms with Crippen LogP contribution in [-0.2, 0) is 14.3 Å². The van der Waals surface area contributed by atoms with Gasteiger partial charge >= 0.3 is 0 Å². The minimum Gasteiger partial charge on any atom is -0.494 e. The Morgan fingerprint density at radius 2 is 2.47 bits per heavy atom. The molecule has 0 bridgehead atoms. The Kier molecular flexibility index (Phi) is 3.11. The minimum atomic E-state index is -0.175. The minimum absolute atomic E-state index is 0.0138. The maximum absolute atomic E-state index is 11.9. The fourth-order valence-corrected chi connectivity index (χ4v) is 1.91. The number of amides is 1. The smallest absolute Gasteiger partial charge is 0.292 e. The normalized spacial score (nSPS) is 25.5. The summed E-state index contributed by atoms with van der Waals surface area (Å²) in [4.78, 5) is 13.6. The van der Waals surface area contributed by atoms with Gasteiger partial charge in [0.1, 0.15) is 19.5 Å². The van der Waals surface area contributed by atoms with Crippen molar-refractivity contribution in [3.05, 3.63) is 12.0 Å². The Morgan fingerprint density at radius 1 is 1.60 bits per heavy atom. The molecule has 0 unspecified atom stereocenters. The van der Waals surface area contributed by atoms with Gasteiger partial charge in [-0.25, -0.2) is 0 Å². The van der Waals surface area contributed by atoms with E-state index in [-0.39, 0.29) is 24.3 Å². The molecule has 2 aliphatic rings. The summed E-state index contributed by atoms with van der Waals surface area (Å²) in [5.74, 6) is 0.0767. The van der Waals surface area contributed by atoms with Crippen molar-refractivity contribution in [2.45, 2.75) is 18.9 Å². The van der Waals surface area contributed by atoms with E-state index in [1.54, 1.807) is 4.90 Å². The first-order chi connectivity index (χ1) is 7.33. The number of carbonyl (C=O) groups is 1. The summed E-state index contributed by atoms with van der Waals surface area (Å²) in [5, 5.41) is 9.10. The number of aliphatic hydroxyl groups is 1. The van der Waals surface area contributed by atoms with Gasteiger partial charge in [0.25, 0.3) is 5.91 Å². The molecule has 5 nitrogen and oxygen atoms in total. The lowest BCUT2D eigenvalue weighted by molar-refractivity contribution is -0.133. The van der Waals surface area contributed by atoms with Crippen LogP contribution in [0.25, 0.3) is 0 Å². The highest BCUT2D eigenvalue weighted by atomic mass is 16.6. The summed E-state index contributed by atoms with van der Waals surface area (Å²) in [6.45, 7) is 1.60. The predicted octanol–water partition coefficient (Wildman–Crippen LogP) is -0.142. The number of hydrogen-bond donors (Lipinski definition) is 1. The highest BCUT2D eigenvalue weighted by Gasteiger charge is 2.31. The van der Waals surface area contributed by atoms with Gasteiger partial charge in [-0.15, -0.1) is 0 Å². The Morgan fingerprint density at radius 3 is 3.13 bits per heavy atom. The molecule has 1 atom stereocenters. The van der Waals surface area contributed by atoms with Crippen LogP contribution in [0.5, 0.6) is 0 Å². The third-order valence-corrected chi connectivity index (χ3v) is 2.71. The van der Waals surface area contributed by atoms with Gasteiger partial charge in [0.05, 0.1) is 12.6 Å². The zero-order chi connectivity index (χ0) is 10.7. The quantitative estimate of drug-likeness (QED) is 0.693. The van der Waals surface area contributed by atoms with E-state index in [9.17, 15) is 4.79 Å². The molecule has 15 heavy (non-hydrogen) atoms. The monoisotopic (exact) mass is 213 g/mol. The fraction of sp³-hybridized carbons (Fsp3) is 0.700. The maximum atomic E-state index is 11.9. The highest BCUT2D eigenvalue weighted by molar-refractivity contribution is 5.91. The average Bonchev–Trinajstić information content (AvgIpc) is 2.77. The van der Waals surface area contributed by atoms with Crippen molar-refractivity contribution in [2.24, 2.45) is 0 Å². The van der Waals surface area contributed by atoms with Crippen LogP contribution in [-0.4, -0.2) is 48.3 Å². The van der Waals surface area contributed by atoms with Crippen molar-refractivity contribution in [1.29, 1.82) is 0 Å². The summed E-state index contributed by atoms with van der Waals surface area (Å²) in [7, 11) is 0. The number of aliphatic hydroxyl groups excluding tert-OH is 1. The van der Waals surface area contributed by atoms with Crippen molar-refractivity contribution >= 4 is 5.91 Å². The topological polar surface area (TPSA) is 59.0 Å². The summed E-state index contributed by atoms with van der Waals surface area (Å²) in [6.07, 6.45) is 3.15. The lowest BCUT2D eigenvalue weighted by Gasteiger charge is -2.25. The lowest BCUT2D eigenvalue weighted by Crippen LogP contribution is -2.39. The van der Waals surface area contributed by atoms with Gasteiger partial charge in [-0.2, -0.15) is 0 Å². The number of nitrogens with zero attached hydrogens (tertiary/aromatic N) is 1. The number of likely N-dealkylation sites (tertiary alicyclic amines) is 1. The lowest BCUT2D eigenvalue weighted by atomic mass is 10.2. The van der Waals surface area contributed by atoms with Crippen LogP contribution in [0.15, 0.2) is 12.0 Å². The van der Waals surface area contributed by atoms with E-state index in [2.05, 4.69) is 0 Å². The molecule has 0 radical (unpaired) electrons. The molecule has 0 aromatic heterocycles. The van der Waals surface area contributed by atoms with Gasteiger partial charge in [-0.3, -0.25) is 4.79 Å². The molecular formula is C10H15NO4. The van der Waals surface area contributed by atoms with Crippen LogP contribution < -0.4 is 0 Å². The first kappa shape index (κ1) is 10.3. The Hall–Kier alpha value is -1.23. The molecule has 2 heterocycles. The Balaban J connectivity index is 2.03. The van der Waals surface area contributed by atoms with Crippen LogP contribution in [0.1, 0.15) is 12.8 Å². The van der Waals surface area contributed by atoms with Crippen molar-refractivity contribution in [1.82, 2.24) is 4.90 Å². The van der Waals surface area contributed by atoms with Crippen molar-refractivity contribution < 1.29 is 19.4 Å². The van der Waals surface area contributed by atoms with Gasteiger partial charge < -0.3 is 19.5 Å². The van der Waals surface area contributed by atoms with Gasteiger partial charge in [-0.05, 0) is 12.8 Å². The van der Waals surface area contributed by atoms with E-state index in [4.69, 9.17) is 14.6 Å². The molecule has 2 rings (SSSR count). The van der Waals surface area contributed by atoms with Gasteiger partial charge in [0, 0.05) is 6.54 Å². The van der Waals surface area contributed by atoms with Crippen molar-refractivity contribution in [3.63, 3.8) is 0 Å². The van der Waals surface area contributed by atoms with Gasteiger partial charge in [0.15, 0.2) is 0 Å². The van der Waals surface area contributed by atoms with Crippen LogP contribution in [0.3, 0.4) is 0 Å². The number of rotatable bonds is 2. The van der Waals surface area contributed by atoms with Crippen LogP contribution in [0, 0.1) is 0 Å². The molecular weight excluding hydrogens is 198 g/mol. The molecule has 0 aromatic carbocycles. The second kappa shape index (κ2) is 4.53. The van der Waals surface area contributed by atoms with E-state index in [1.807, 2.05) is 0 Å². The van der Waals surface area contributed by atoms with Crippen LogP contribution in [0.2, 0.25) is 0 Å². The predicted molar refractivity (Wildman–Crippen MR) is 51.8 cm³/mol. The summed E-state index contributed by atoms with van der Waals surface area (Å²) in [5.41, 5.74) is 0. The molecule has 1 amide bonds. The Bertz CT molecular complexity index is 277. The summed E-state index contributed by atoms with van der Waals surface area (Å²) in [6, 6.07) is -0.0658. The number of ether oxygens (including phenoxy) is 2. The largest absolute Gasteiger partial charge is 0.494 e. The molecule has 1 fully saturated rings. The van der Waals surface area contributed by atoms with Crippen LogP contribution in [0.4, 0.5) is 0 Å². The van der Waals surface area contributed by atoms with Crippen LogP contribution >= 0.6 is 0 Å². The molecule has 1 N–H and O–H groups in total. The van der Waals surface area contributed by atoms with E-state index >= 15 is 0 Å². The van der Waals surface area contributed by atoms with Gasteiger partial charge in [-0.1, -0.05) is 0 Å². The Labute approximate surface area is 88.3 Å². The molecule has 0 aromatic rings. The highest BCUT2D eigenvalue weighted by Crippen LogP contribution is 2.20. The zero-order valence-electron chi connectivity index (χ0n) is 8.52. The number of hydrogen-bond acceptors (Lipinski definition) is 4. The molecule has 0 aliphatic carbocycles. The van der Waals surface area contributed by atoms with E-state index in [0.717, 1.165) is 12.8 Å². The third-order valence-electron chi connectivity index (χ3n) is 2.71. The zero-order valence-corrected chi connectivity index (χ0v) is 8.52. The molecule has 5 heteroatoms. The average molecular weight is 213 g/mol. The second-order valence-corrected chi connectivity index (χ2v) is 3.68. The summed E-state index contributed by atoms with van der Waals surface area (Å²) < 4.78 is 10.2. The molecule has 2 aliphatic heterocycles. The van der Waals surface area contributed by atoms with E-state index in [1.165, 1.54) is 6.26 Å². The second-order valence-electron chi connectivity index (χ2n) is 3.68. The first-order valence-corrected chi connectivity index (χ1v) is 5.19. The number of carbonyl (C=O) groups excluding carboxylic acids is 1. The van der Waals surface area contributed by atoms with Crippen molar-refractivity contribution in [3.8, 4) is 0 Å². The van der Waals surface area contributed by atoms with E-state index in [0.29, 0.717) is 19.8 Å². The maximum Gasteiger partial charge on any atom is 0.292 e. The standard InChI is InChI=1S/C10H15NO4/c12-6-8-2-1-3-11(8)10(13)9-7-14-4-5-15-9/h7-8,12H,1-6H2/t8-/m0/s1. The fourth-order valence-electron chi connectivity index (χ4n) is 1.91. The molecule has 0 saturated carbocycles. The van der Waals surface area contributed by atoms with Crippen molar-refractivity contribution in [2.75, 3.05) is 26.4 Å². The first-order valence-electron chi connectivity index (χ1n) is 5.19. The van der Waals surface area contributed by atoms with Gasteiger partial charge in [0.2, 0.25) is 5.76 Å². The van der Waals surface area contributed by atoms with E-state index < -0.39 is 0 Å². The SMILES string of the molecule is O=C(C1=COCCO1)N1CCC[C@H]1CO. The molecule has 84 valence electrons. The molecule has 1 saturated heterocycles. The summed E-state index contributed by atoms with van der Waals surface area (Å²) >= 11 is 0.